The Balaban J connectivity index is 2.01. The molecule has 0 aliphatic heterocycles. The Morgan fingerprint density at radius 1 is 1.50 bits per heavy atom. The van der Waals surface area contributed by atoms with Crippen molar-refractivity contribution in [3.63, 3.8) is 0 Å². The number of halogens is 2. The molecule has 88 valence electrons. The van der Waals surface area contributed by atoms with Gasteiger partial charge in [0.05, 0.1) is 0 Å². The van der Waals surface area contributed by atoms with Crippen LogP contribution in [0.3, 0.4) is 0 Å². The van der Waals surface area contributed by atoms with Crippen LogP contribution in [-0.2, 0) is 6.42 Å². The normalized spacial score (nSPS) is 17.4. The zero-order valence-corrected chi connectivity index (χ0v) is 11.1. The van der Waals surface area contributed by atoms with Crippen molar-refractivity contribution in [2.45, 2.75) is 31.7 Å². The maximum absolute atomic E-state index is 13.6. The Kier molecular flexibility index (Phi) is 3.98. The van der Waals surface area contributed by atoms with Crippen LogP contribution in [0.25, 0.3) is 0 Å². The average Bonchev–Trinajstić information content (AvgIpc) is 3.06. The highest BCUT2D eigenvalue weighted by molar-refractivity contribution is 9.10. The van der Waals surface area contributed by atoms with Gasteiger partial charge < -0.3 is 5.32 Å². The third-order valence-electron chi connectivity index (χ3n) is 3.20. The Hall–Kier alpha value is -0.410. The van der Waals surface area contributed by atoms with Crippen molar-refractivity contribution >= 4 is 15.9 Å². The lowest BCUT2D eigenvalue weighted by molar-refractivity contribution is 0.479. The third-order valence-corrected chi connectivity index (χ3v) is 3.69. The molecular weight excluding hydrogens is 269 g/mol. The maximum Gasteiger partial charge on any atom is 0.126 e. The minimum Gasteiger partial charge on any atom is -0.317 e. The zero-order chi connectivity index (χ0) is 11.5. The van der Waals surface area contributed by atoms with Crippen LogP contribution in [0.4, 0.5) is 4.39 Å². The van der Waals surface area contributed by atoms with Gasteiger partial charge in [0.15, 0.2) is 0 Å². The first-order chi connectivity index (χ1) is 7.69. The van der Waals surface area contributed by atoms with Crippen molar-refractivity contribution < 1.29 is 4.39 Å². The minimum atomic E-state index is -0.0979. The van der Waals surface area contributed by atoms with Crippen molar-refractivity contribution in [2.24, 2.45) is 5.92 Å². The molecule has 16 heavy (non-hydrogen) atoms. The summed E-state index contributed by atoms with van der Waals surface area (Å²) in [5, 5.41) is 3.29. The van der Waals surface area contributed by atoms with Crippen LogP contribution in [0.2, 0.25) is 0 Å². The highest BCUT2D eigenvalue weighted by Gasteiger charge is 2.25. The molecule has 0 bridgehead atoms. The van der Waals surface area contributed by atoms with Crippen LogP contribution in [0.5, 0.6) is 0 Å². The van der Waals surface area contributed by atoms with E-state index in [2.05, 4.69) is 21.2 Å². The Morgan fingerprint density at radius 3 is 2.88 bits per heavy atom. The molecule has 0 saturated heterocycles. The van der Waals surface area contributed by atoms with E-state index in [4.69, 9.17) is 0 Å². The van der Waals surface area contributed by atoms with E-state index >= 15 is 0 Å². The molecule has 1 fully saturated rings. The van der Waals surface area contributed by atoms with E-state index in [1.54, 1.807) is 6.07 Å². The van der Waals surface area contributed by atoms with Crippen molar-refractivity contribution in [3.05, 3.63) is 34.1 Å². The second kappa shape index (κ2) is 5.28. The van der Waals surface area contributed by atoms with Crippen molar-refractivity contribution in [1.29, 1.82) is 0 Å². The summed E-state index contributed by atoms with van der Waals surface area (Å²) in [6.45, 7) is 0. The van der Waals surface area contributed by atoms with Gasteiger partial charge in [-0.1, -0.05) is 28.8 Å². The molecule has 1 aromatic carbocycles. The summed E-state index contributed by atoms with van der Waals surface area (Å²) in [5.74, 6) is 0.770. The van der Waals surface area contributed by atoms with Gasteiger partial charge in [-0.05, 0) is 49.6 Å². The molecule has 1 atom stereocenters. The fraction of sp³-hybridized carbons (Fsp3) is 0.538. The highest BCUT2D eigenvalue weighted by Crippen LogP contribution is 2.34. The van der Waals surface area contributed by atoms with E-state index in [9.17, 15) is 4.39 Å². The Morgan fingerprint density at radius 2 is 2.25 bits per heavy atom. The summed E-state index contributed by atoms with van der Waals surface area (Å²) >= 11 is 3.38. The van der Waals surface area contributed by atoms with Crippen molar-refractivity contribution in [3.8, 4) is 0 Å². The lowest BCUT2D eigenvalue weighted by atomic mass is 10.0. The SMILES string of the molecule is CNC(Cc1cc(Br)ccc1F)CC1CC1. The molecule has 0 amide bonds. The first-order valence-corrected chi connectivity index (χ1v) is 6.59. The number of benzene rings is 1. The fourth-order valence-corrected chi connectivity index (χ4v) is 2.43. The smallest absolute Gasteiger partial charge is 0.126 e. The molecule has 0 spiro atoms. The summed E-state index contributed by atoms with van der Waals surface area (Å²) in [4.78, 5) is 0. The molecule has 1 N–H and O–H groups in total. The average molecular weight is 286 g/mol. The van der Waals surface area contributed by atoms with Gasteiger partial charge in [0, 0.05) is 10.5 Å². The third kappa shape index (κ3) is 3.29. The van der Waals surface area contributed by atoms with Gasteiger partial charge in [-0.15, -0.1) is 0 Å². The molecule has 1 aliphatic carbocycles. The molecule has 1 aliphatic rings. The van der Waals surface area contributed by atoms with Crippen LogP contribution < -0.4 is 5.32 Å². The summed E-state index contributed by atoms with van der Waals surface area (Å²) in [5.41, 5.74) is 0.800. The Labute approximate surface area is 105 Å². The predicted molar refractivity (Wildman–Crippen MR) is 68.0 cm³/mol. The second-order valence-corrected chi connectivity index (χ2v) is 5.52. The molecule has 3 heteroatoms. The standard InChI is InChI=1S/C13H17BrFN/c1-16-12(6-9-2-3-9)8-10-7-11(14)4-5-13(10)15/h4-5,7,9,12,16H,2-3,6,8H2,1H3. The fourth-order valence-electron chi connectivity index (χ4n) is 2.02. The van der Waals surface area contributed by atoms with Gasteiger partial charge in [-0.3, -0.25) is 0 Å². The number of likely N-dealkylation sites (N-methyl/N-ethyl adjacent to an activating group) is 1. The van der Waals surface area contributed by atoms with Crippen molar-refractivity contribution in [1.82, 2.24) is 5.32 Å². The highest BCUT2D eigenvalue weighted by atomic mass is 79.9. The van der Waals surface area contributed by atoms with Crippen LogP contribution in [0.1, 0.15) is 24.8 Å². The molecular formula is C13H17BrFN. The molecule has 1 unspecified atom stereocenters. The lowest BCUT2D eigenvalue weighted by Gasteiger charge is -2.16. The molecule has 1 nitrogen and oxygen atoms in total. The van der Waals surface area contributed by atoms with Gasteiger partial charge in [0.25, 0.3) is 0 Å². The summed E-state index contributed by atoms with van der Waals surface area (Å²) in [6, 6.07) is 5.56. The first kappa shape index (κ1) is 12.1. The van der Waals surface area contributed by atoms with Gasteiger partial charge in [0.2, 0.25) is 0 Å². The van der Waals surface area contributed by atoms with E-state index in [1.165, 1.54) is 25.3 Å². The van der Waals surface area contributed by atoms with Crippen LogP contribution in [-0.4, -0.2) is 13.1 Å². The first-order valence-electron chi connectivity index (χ1n) is 5.80. The van der Waals surface area contributed by atoms with E-state index in [0.717, 1.165) is 22.4 Å². The summed E-state index contributed by atoms with van der Waals surface area (Å²) in [6.07, 6.45) is 4.64. The molecule has 0 radical (unpaired) electrons. The summed E-state index contributed by atoms with van der Waals surface area (Å²) < 4.78 is 14.5. The van der Waals surface area contributed by atoms with Crippen LogP contribution in [0, 0.1) is 11.7 Å². The van der Waals surface area contributed by atoms with Crippen LogP contribution in [0.15, 0.2) is 22.7 Å². The molecule has 0 aromatic heterocycles. The number of nitrogens with one attached hydrogen (secondary N) is 1. The van der Waals surface area contributed by atoms with Gasteiger partial charge in [-0.25, -0.2) is 4.39 Å². The second-order valence-electron chi connectivity index (χ2n) is 4.60. The minimum absolute atomic E-state index is 0.0979. The van der Waals surface area contributed by atoms with Gasteiger partial charge >= 0.3 is 0 Å². The monoisotopic (exact) mass is 285 g/mol. The van der Waals surface area contributed by atoms with E-state index in [0.29, 0.717) is 6.04 Å². The Bertz CT molecular complexity index is 363. The topological polar surface area (TPSA) is 12.0 Å². The summed E-state index contributed by atoms with van der Waals surface area (Å²) in [7, 11) is 1.96. The quantitative estimate of drug-likeness (QED) is 0.873. The predicted octanol–water partition coefficient (Wildman–Crippen LogP) is 3.52. The zero-order valence-electron chi connectivity index (χ0n) is 9.47. The molecule has 0 heterocycles. The van der Waals surface area contributed by atoms with E-state index in [-0.39, 0.29) is 5.82 Å². The number of rotatable bonds is 5. The molecule has 2 rings (SSSR count). The molecule has 1 aromatic rings. The van der Waals surface area contributed by atoms with Crippen molar-refractivity contribution in [2.75, 3.05) is 7.05 Å². The molecule has 1 saturated carbocycles. The van der Waals surface area contributed by atoms with E-state index in [1.807, 2.05) is 13.1 Å². The van der Waals surface area contributed by atoms with Gasteiger partial charge in [0.1, 0.15) is 5.82 Å². The largest absolute Gasteiger partial charge is 0.317 e. The van der Waals surface area contributed by atoms with E-state index < -0.39 is 0 Å². The number of hydrogen-bond acceptors (Lipinski definition) is 1. The lowest BCUT2D eigenvalue weighted by Crippen LogP contribution is -2.28. The number of hydrogen-bond donors (Lipinski definition) is 1. The van der Waals surface area contributed by atoms with Gasteiger partial charge in [-0.2, -0.15) is 0 Å². The maximum atomic E-state index is 13.6. The van der Waals surface area contributed by atoms with Crippen LogP contribution >= 0.6 is 15.9 Å².